The van der Waals surface area contributed by atoms with Crippen LogP contribution in [0.15, 0.2) is 38.0 Å². The first-order valence-electron chi connectivity index (χ1n) is 5.25. The molecule has 86 valence electrons. The summed E-state index contributed by atoms with van der Waals surface area (Å²) in [7, 11) is 0. The summed E-state index contributed by atoms with van der Waals surface area (Å²) in [5.41, 5.74) is 1.39. The quantitative estimate of drug-likeness (QED) is 0.903. The standard InChI is InChI=1S/C12H14BrNOS/c1-9(11-2-3-12(13)15-11)14-6-4-10-5-7-16-8-10/h2-3,5,7-9,14H,4,6H2,1H3. The van der Waals surface area contributed by atoms with Crippen molar-refractivity contribution in [2.24, 2.45) is 0 Å². The van der Waals surface area contributed by atoms with Crippen molar-refractivity contribution in [2.45, 2.75) is 19.4 Å². The summed E-state index contributed by atoms with van der Waals surface area (Å²) >= 11 is 5.05. The molecule has 2 heterocycles. The zero-order valence-electron chi connectivity index (χ0n) is 9.07. The number of hydrogen-bond donors (Lipinski definition) is 1. The normalized spacial score (nSPS) is 12.9. The zero-order chi connectivity index (χ0) is 11.4. The first-order valence-corrected chi connectivity index (χ1v) is 6.99. The highest BCUT2D eigenvalue weighted by atomic mass is 79.9. The maximum Gasteiger partial charge on any atom is 0.169 e. The molecule has 0 aliphatic heterocycles. The molecule has 0 bridgehead atoms. The molecule has 0 saturated heterocycles. The van der Waals surface area contributed by atoms with Gasteiger partial charge in [-0.25, -0.2) is 0 Å². The second-order valence-electron chi connectivity index (χ2n) is 3.70. The van der Waals surface area contributed by atoms with Gasteiger partial charge in [-0.2, -0.15) is 11.3 Å². The van der Waals surface area contributed by atoms with Crippen molar-refractivity contribution >= 4 is 27.3 Å². The third-order valence-corrected chi connectivity index (χ3v) is 3.62. The minimum absolute atomic E-state index is 0.255. The Balaban J connectivity index is 1.78. The molecule has 0 aliphatic carbocycles. The van der Waals surface area contributed by atoms with Gasteiger partial charge >= 0.3 is 0 Å². The lowest BCUT2D eigenvalue weighted by atomic mass is 10.2. The Morgan fingerprint density at radius 3 is 2.94 bits per heavy atom. The summed E-state index contributed by atoms with van der Waals surface area (Å²) in [4.78, 5) is 0. The van der Waals surface area contributed by atoms with Gasteiger partial charge in [-0.15, -0.1) is 0 Å². The number of furan rings is 1. The molecular weight excluding hydrogens is 286 g/mol. The van der Waals surface area contributed by atoms with Crippen molar-refractivity contribution in [2.75, 3.05) is 6.54 Å². The van der Waals surface area contributed by atoms with E-state index >= 15 is 0 Å². The van der Waals surface area contributed by atoms with E-state index in [9.17, 15) is 0 Å². The van der Waals surface area contributed by atoms with E-state index in [2.05, 4.69) is 45.0 Å². The molecule has 0 aliphatic rings. The molecule has 0 spiro atoms. The summed E-state index contributed by atoms with van der Waals surface area (Å²) in [5.74, 6) is 0.970. The summed E-state index contributed by atoms with van der Waals surface area (Å²) in [5, 5.41) is 7.74. The van der Waals surface area contributed by atoms with E-state index in [4.69, 9.17) is 4.42 Å². The van der Waals surface area contributed by atoms with Crippen LogP contribution in [-0.4, -0.2) is 6.54 Å². The van der Waals surface area contributed by atoms with Crippen molar-refractivity contribution in [3.8, 4) is 0 Å². The lowest BCUT2D eigenvalue weighted by molar-refractivity contribution is 0.420. The topological polar surface area (TPSA) is 25.2 Å². The lowest BCUT2D eigenvalue weighted by Gasteiger charge is -2.10. The zero-order valence-corrected chi connectivity index (χ0v) is 11.5. The number of halogens is 1. The Morgan fingerprint density at radius 2 is 2.31 bits per heavy atom. The van der Waals surface area contributed by atoms with E-state index in [1.165, 1.54) is 5.56 Å². The van der Waals surface area contributed by atoms with Gasteiger partial charge in [0, 0.05) is 0 Å². The Hall–Kier alpha value is -0.580. The van der Waals surface area contributed by atoms with E-state index in [0.717, 1.165) is 23.4 Å². The minimum atomic E-state index is 0.255. The third-order valence-electron chi connectivity index (χ3n) is 2.47. The van der Waals surface area contributed by atoms with E-state index in [-0.39, 0.29) is 6.04 Å². The van der Waals surface area contributed by atoms with Gasteiger partial charge < -0.3 is 9.73 Å². The third kappa shape index (κ3) is 3.20. The molecule has 1 N–H and O–H groups in total. The monoisotopic (exact) mass is 299 g/mol. The fourth-order valence-corrected chi connectivity index (χ4v) is 2.55. The molecular formula is C12H14BrNOS. The lowest BCUT2D eigenvalue weighted by Crippen LogP contribution is -2.20. The maximum atomic E-state index is 5.49. The van der Waals surface area contributed by atoms with Gasteiger partial charge in [-0.05, 0) is 70.3 Å². The molecule has 16 heavy (non-hydrogen) atoms. The Bertz CT molecular complexity index is 424. The van der Waals surface area contributed by atoms with Gasteiger partial charge in [-0.1, -0.05) is 0 Å². The van der Waals surface area contributed by atoms with E-state index in [0.29, 0.717) is 0 Å². The summed E-state index contributed by atoms with van der Waals surface area (Å²) < 4.78 is 6.28. The SMILES string of the molecule is CC(NCCc1ccsc1)c1ccc(Br)o1. The van der Waals surface area contributed by atoms with Gasteiger partial charge in [0.1, 0.15) is 5.76 Å². The molecule has 1 atom stereocenters. The number of hydrogen-bond acceptors (Lipinski definition) is 3. The summed E-state index contributed by atoms with van der Waals surface area (Å²) in [6, 6.07) is 6.34. The molecule has 0 saturated carbocycles. The molecule has 1 unspecified atom stereocenters. The van der Waals surface area contributed by atoms with Crippen molar-refractivity contribution in [1.29, 1.82) is 0 Å². The largest absolute Gasteiger partial charge is 0.453 e. The number of nitrogens with one attached hydrogen (secondary N) is 1. The molecule has 2 aromatic heterocycles. The fourth-order valence-electron chi connectivity index (χ4n) is 1.53. The van der Waals surface area contributed by atoms with Crippen LogP contribution in [0.5, 0.6) is 0 Å². The first-order chi connectivity index (χ1) is 7.75. The highest BCUT2D eigenvalue weighted by Crippen LogP contribution is 2.19. The van der Waals surface area contributed by atoms with Crippen LogP contribution in [0.3, 0.4) is 0 Å². The Kier molecular flexibility index (Phi) is 4.21. The van der Waals surface area contributed by atoms with Crippen molar-refractivity contribution < 1.29 is 4.42 Å². The van der Waals surface area contributed by atoms with Crippen LogP contribution in [0.4, 0.5) is 0 Å². The number of thiophene rings is 1. The van der Waals surface area contributed by atoms with Crippen LogP contribution in [0.2, 0.25) is 0 Å². The van der Waals surface area contributed by atoms with Gasteiger partial charge in [-0.3, -0.25) is 0 Å². The Morgan fingerprint density at radius 1 is 1.44 bits per heavy atom. The molecule has 0 radical (unpaired) electrons. The molecule has 2 nitrogen and oxygen atoms in total. The maximum absolute atomic E-state index is 5.49. The van der Waals surface area contributed by atoms with Gasteiger partial charge in [0.05, 0.1) is 6.04 Å². The molecule has 2 aromatic rings. The van der Waals surface area contributed by atoms with Crippen LogP contribution in [0.25, 0.3) is 0 Å². The fraction of sp³-hybridized carbons (Fsp3) is 0.333. The predicted molar refractivity (Wildman–Crippen MR) is 70.8 cm³/mol. The van der Waals surface area contributed by atoms with Crippen LogP contribution >= 0.6 is 27.3 Å². The smallest absolute Gasteiger partial charge is 0.169 e. The Labute approximate surface area is 108 Å². The van der Waals surface area contributed by atoms with Gasteiger partial charge in [0.25, 0.3) is 0 Å². The molecule has 0 fully saturated rings. The first kappa shape index (κ1) is 11.9. The highest BCUT2D eigenvalue weighted by molar-refractivity contribution is 9.10. The van der Waals surface area contributed by atoms with E-state index in [1.54, 1.807) is 11.3 Å². The molecule has 4 heteroatoms. The summed E-state index contributed by atoms with van der Waals surface area (Å²) in [6.45, 7) is 3.08. The van der Waals surface area contributed by atoms with Crippen LogP contribution in [0, 0.1) is 0 Å². The van der Waals surface area contributed by atoms with Crippen molar-refractivity contribution in [3.05, 3.63) is 45.0 Å². The van der Waals surface area contributed by atoms with E-state index in [1.807, 2.05) is 12.1 Å². The second kappa shape index (κ2) is 5.66. The molecule has 0 aromatic carbocycles. The average Bonchev–Trinajstić information content (AvgIpc) is 2.89. The second-order valence-corrected chi connectivity index (χ2v) is 5.26. The van der Waals surface area contributed by atoms with Crippen LogP contribution < -0.4 is 5.32 Å². The molecule has 0 amide bonds. The van der Waals surface area contributed by atoms with Crippen LogP contribution in [0.1, 0.15) is 24.3 Å². The van der Waals surface area contributed by atoms with Crippen LogP contribution in [-0.2, 0) is 6.42 Å². The minimum Gasteiger partial charge on any atom is -0.453 e. The van der Waals surface area contributed by atoms with Crippen molar-refractivity contribution in [3.63, 3.8) is 0 Å². The molecule has 2 rings (SSSR count). The number of rotatable bonds is 5. The average molecular weight is 300 g/mol. The van der Waals surface area contributed by atoms with E-state index < -0.39 is 0 Å². The van der Waals surface area contributed by atoms with Crippen molar-refractivity contribution in [1.82, 2.24) is 5.32 Å². The highest BCUT2D eigenvalue weighted by Gasteiger charge is 2.08. The van der Waals surface area contributed by atoms with Gasteiger partial charge in [0.2, 0.25) is 0 Å². The summed E-state index contributed by atoms with van der Waals surface area (Å²) in [6.07, 6.45) is 1.07. The predicted octanol–water partition coefficient (Wildman–Crippen LogP) is 4.00. The van der Waals surface area contributed by atoms with Gasteiger partial charge in [0.15, 0.2) is 4.67 Å².